The number of amides is 3. The molecule has 0 spiro atoms. The summed E-state index contributed by atoms with van der Waals surface area (Å²) in [6.07, 6.45) is 1.58. The molecule has 34 heavy (non-hydrogen) atoms. The fourth-order valence-corrected chi connectivity index (χ4v) is 3.39. The molecule has 0 bridgehead atoms. The molecule has 0 aliphatic carbocycles. The Morgan fingerprint density at radius 2 is 1.71 bits per heavy atom. The van der Waals surface area contributed by atoms with E-state index in [1.807, 2.05) is 55.5 Å². The van der Waals surface area contributed by atoms with Crippen LogP contribution in [0.4, 0.5) is 10.5 Å². The topological polar surface area (TPSA) is 84.2 Å². The van der Waals surface area contributed by atoms with Crippen molar-refractivity contribution in [3.63, 3.8) is 0 Å². The molecule has 0 unspecified atom stereocenters. The Hall–Kier alpha value is -3.78. The van der Waals surface area contributed by atoms with Crippen molar-refractivity contribution in [2.24, 2.45) is 0 Å². The first kappa shape index (κ1) is 24.9. The number of anilines is 1. The van der Waals surface area contributed by atoms with E-state index >= 15 is 0 Å². The molecule has 1 N–H and O–H groups in total. The molecular formula is C26H31N3O5. The molecule has 3 rings (SSSR count). The Balaban J connectivity index is 1.75. The minimum absolute atomic E-state index is 0.112. The molecule has 0 atom stereocenters. The Morgan fingerprint density at radius 3 is 2.41 bits per heavy atom. The minimum Gasteiger partial charge on any atom is -0.492 e. The van der Waals surface area contributed by atoms with Crippen molar-refractivity contribution >= 4 is 17.6 Å². The summed E-state index contributed by atoms with van der Waals surface area (Å²) in [5.74, 6) is 1.03. The summed E-state index contributed by atoms with van der Waals surface area (Å²) in [6, 6.07) is 20.1. The zero-order valence-electron chi connectivity index (χ0n) is 19.6. The van der Waals surface area contributed by atoms with Crippen LogP contribution in [-0.2, 0) is 22.6 Å². The van der Waals surface area contributed by atoms with E-state index in [1.54, 1.807) is 36.5 Å². The van der Waals surface area contributed by atoms with Gasteiger partial charge in [-0.25, -0.2) is 4.79 Å². The zero-order valence-corrected chi connectivity index (χ0v) is 19.6. The minimum atomic E-state index is -0.407. The lowest BCUT2D eigenvalue weighted by atomic mass is 10.2. The van der Waals surface area contributed by atoms with Crippen LogP contribution in [0.15, 0.2) is 77.4 Å². The van der Waals surface area contributed by atoms with Gasteiger partial charge >= 0.3 is 6.03 Å². The van der Waals surface area contributed by atoms with Crippen LogP contribution in [0.2, 0.25) is 0 Å². The maximum absolute atomic E-state index is 13.4. The van der Waals surface area contributed by atoms with E-state index in [1.165, 1.54) is 4.90 Å². The summed E-state index contributed by atoms with van der Waals surface area (Å²) in [6.45, 7) is 3.48. The largest absolute Gasteiger partial charge is 0.492 e. The highest BCUT2D eigenvalue weighted by atomic mass is 16.5. The first-order valence-corrected chi connectivity index (χ1v) is 11.2. The van der Waals surface area contributed by atoms with Gasteiger partial charge in [0, 0.05) is 20.2 Å². The third kappa shape index (κ3) is 7.38. The number of rotatable bonds is 12. The lowest BCUT2D eigenvalue weighted by Crippen LogP contribution is -2.45. The summed E-state index contributed by atoms with van der Waals surface area (Å²) < 4.78 is 16.2. The van der Waals surface area contributed by atoms with Crippen molar-refractivity contribution in [3.8, 4) is 5.75 Å². The van der Waals surface area contributed by atoms with Crippen molar-refractivity contribution < 1.29 is 23.5 Å². The molecular weight excluding hydrogens is 434 g/mol. The number of methoxy groups -OCH3 is 1. The molecule has 8 heteroatoms. The van der Waals surface area contributed by atoms with Gasteiger partial charge in [-0.05, 0) is 36.8 Å². The molecule has 2 aromatic carbocycles. The van der Waals surface area contributed by atoms with Gasteiger partial charge in [-0.3, -0.25) is 4.79 Å². The van der Waals surface area contributed by atoms with Crippen molar-refractivity contribution in [1.82, 2.24) is 9.80 Å². The molecule has 3 aromatic rings. The molecule has 0 saturated carbocycles. The highest BCUT2D eigenvalue weighted by molar-refractivity contribution is 5.93. The van der Waals surface area contributed by atoms with E-state index in [-0.39, 0.29) is 19.0 Å². The van der Waals surface area contributed by atoms with Gasteiger partial charge in [0.15, 0.2) is 0 Å². The van der Waals surface area contributed by atoms with E-state index < -0.39 is 6.03 Å². The van der Waals surface area contributed by atoms with Gasteiger partial charge in [0.25, 0.3) is 0 Å². The monoisotopic (exact) mass is 465 g/mol. The Bertz CT molecular complexity index is 1020. The number of nitrogens with one attached hydrogen (secondary N) is 1. The predicted molar refractivity (Wildman–Crippen MR) is 129 cm³/mol. The van der Waals surface area contributed by atoms with Crippen LogP contribution >= 0.6 is 0 Å². The van der Waals surface area contributed by atoms with E-state index in [0.29, 0.717) is 43.5 Å². The molecule has 0 aliphatic rings. The molecule has 0 saturated heterocycles. The lowest BCUT2D eigenvalue weighted by molar-refractivity contribution is -0.133. The number of urea groups is 1. The maximum Gasteiger partial charge on any atom is 0.322 e. The SMILES string of the molecule is CCOc1ccccc1NC(=O)N(CCOC)CC(=O)N(Cc1ccccc1)Cc1ccco1. The average molecular weight is 466 g/mol. The van der Waals surface area contributed by atoms with Crippen LogP contribution in [0.25, 0.3) is 0 Å². The second kappa shape index (κ2) is 13.1. The van der Waals surface area contributed by atoms with Gasteiger partial charge in [0.2, 0.25) is 5.91 Å². The number of nitrogens with zero attached hydrogens (tertiary/aromatic N) is 2. The molecule has 180 valence electrons. The van der Waals surface area contributed by atoms with Crippen LogP contribution in [0.3, 0.4) is 0 Å². The van der Waals surface area contributed by atoms with Crippen LogP contribution in [-0.4, -0.2) is 55.2 Å². The maximum atomic E-state index is 13.4. The van der Waals surface area contributed by atoms with Crippen LogP contribution in [0, 0.1) is 0 Å². The van der Waals surface area contributed by atoms with Crippen LogP contribution < -0.4 is 10.1 Å². The Kier molecular flexibility index (Phi) is 9.54. The van der Waals surface area contributed by atoms with E-state index in [9.17, 15) is 9.59 Å². The van der Waals surface area contributed by atoms with Gasteiger partial charge in [-0.1, -0.05) is 42.5 Å². The number of carbonyl (C=O) groups is 2. The number of ether oxygens (including phenoxy) is 2. The van der Waals surface area contributed by atoms with Gasteiger partial charge in [-0.2, -0.15) is 0 Å². The molecule has 0 fully saturated rings. The van der Waals surface area contributed by atoms with E-state index in [4.69, 9.17) is 13.9 Å². The third-order valence-corrected chi connectivity index (χ3v) is 5.10. The van der Waals surface area contributed by atoms with Crippen LogP contribution in [0.1, 0.15) is 18.2 Å². The number of benzene rings is 2. The first-order chi connectivity index (χ1) is 16.6. The standard InChI is InChI=1S/C26H31N3O5/c1-3-33-24-14-8-7-13-23(24)27-26(31)28(15-17-32-2)20-25(30)29(19-22-12-9-16-34-22)18-21-10-5-4-6-11-21/h4-14,16H,3,15,17-20H2,1-2H3,(H,27,31). The van der Waals surface area contributed by atoms with Crippen molar-refractivity contribution in [3.05, 3.63) is 84.3 Å². The second-order valence-electron chi connectivity index (χ2n) is 7.59. The normalized spacial score (nSPS) is 10.5. The van der Waals surface area contributed by atoms with E-state index in [0.717, 1.165) is 5.56 Å². The van der Waals surface area contributed by atoms with Gasteiger partial charge in [0.05, 0.1) is 31.7 Å². The van der Waals surface area contributed by atoms with Gasteiger partial charge in [0.1, 0.15) is 18.1 Å². The summed E-state index contributed by atoms with van der Waals surface area (Å²) in [5, 5.41) is 2.86. The van der Waals surface area contributed by atoms with Crippen molar-refractivity contribution in [2.75, 3.05) is 38.7 Å². The van der Waals surface area contributed by atoms with E-state index in [2.05, 4.69) is 5.32 Å². The second-order valence-corrected chi connectivity index (χ2v) is 7.59. The quantitative estimate of drug-likeness (QED) is 0.429. The molecule has 1 aromatic heterocycles. The fraction of sp³-hybridized carbons (Fsp3) is 0.308. The predicted octanol–water partition coefficient (Wildman–Crippen LogP) is 4.39. The Labute approximate surface area is 200 Å². The lowest BCUT2D eigenvalue weighted by Gasteiger charge is -2.27. The molecule has 3 amide bonds. The molecule has 1 heterocycles. The van der Waals surface area contributed by atoms with Crippen molar-refractivity contribution in [2.45, 2.75) is 20.0 Å². The number of carbonyl (C=O) groups excluding carboxylic acids is 2. The van der Waals surface area contributed by atoms with Gasteiger partial charge in [-0.15, -0.1) is 0 Å². The van der Waals surface area contributed by atoms with Gasteiger partial charge < -0.3 is 29.0 Å². The fourth-order valence-electron chi connectivity index (χ4n) is 3.39. The molecule has 0 aliphatic heterocycles. The number of para-hydroxylation sites is 2. The average Bonchev–Trinajstić information content (AvgIpc) is 3.36. The molecule has 0 radical (unpaired) electrons. The smallest absolute Gasteiger partial charge is 0.322 e. The summed E-state index contributed by atoms with van der Waals surface area (Å²) >= 11 is 0. The highest BCUT2D eigenvalue weighted by Crippen LogP contribution is 2.24. The third-order valence-electron chi connectivity index (χ3n) is 5.10. The summed E-state index contributed by atoms with van der Waals surface area (Å²) in [4.78, 5) is 29.6. The number of hydrogen-bond donors (Lipinski definition) is 1. The van der Waals surface area contributed by atoms with Crippen molar-refractivity contribution in [1.29, 1.82) is 0 Å². The summed E-state index contributed by atoms with van der Waals surface area (Å²) in [7, 11) is 1.56. The number of hydrogen-bond acceptors (Lipinski definition) is 5. The Morgan fingerprint density at radius 1 is 0.941 bits per heavy atom. The highest BCUT2D eigenvalue weighted by Gasteiger charge is 2.23. The zero-order chi connectivity index (χ0) is 24.2. The summed E-state index contributed by atoms with van der Waals surface area (Å²) in [5.41, 5.74) is 1.53. The van der Waals surface area contributed by atoms with Crippen LogP contribution in [0.5, 0.6) is 5.75 Å². The number of furan rings is 1. The molecule has 8 nitrogen and oxygen atoms in total. The first-order valence-electron chi connectivity index (χ1n) is 11.2.